The lowest BCUT2D eigenvalue weighted by atomic mass is 10.1. The number of carbonyl (C=O) groups excluding carboxylic acids is 1. The van der Waals surface area contributed by atoms with Crippen molar-refractivity contribution >= 4 is 21.4 Å². The zero-order valence-electron chi connectivity index (χ0n) is 19.7. The summed E-state index contributed by atoms with van der Waals surface area (Å²) < 4.78 is 36.3. The third-order valence-corrected chi connectivity index (χ3v) is 8.34. The maximum Gasteiger partial charge on any atom is 0.227 e. The van der Waals surface area contributed by atoms with Gasteiger partial charge in [0.1, 0.15) is 0 Å². The molecule has 1 unspecified atom stereocenters. The van der Waals surface area contributed by atoms with E-state index < -0.39 is 9.84 Å². The molecule has 180 valence electrons. The Morgan fingerprint density at radius 2 is 1.79 bits per heavy atom. The van der Waals surface area contributed by atoms with E-state index in [9.17, 15) is 13.2 Å². The molecule has 1 amide bonds. The van der Waals surface area contributed by atoms with Crippen LogP contribution in [0.3, 0.4) is 0 Å². The molecule has 0 aliphatic carbocycles. The van der Waals surface area contributed by atoms with Gasteiger partial charge in [0.25, 0.3) is 0 Å². The number of aryl methyl sites for hydroxylation is 1. The summed E-state index contributed by atoms with van der Waals surface area (Å²) in [6, 6.07) is 5.46. The number of hydrogen-bond donors (Lipinski definition) is 0. The second kappa shape index (κ2) is 9.24. The van der Waals surface area contributed by atoms with Crippen LogP contribution in [0.25, 0.3) is 0 Å². The highest BCUT2D eigenvalue weighted by atomic mass is 32.2. The predicted octanol–water partition coefficient (Wildman–Crippen LogP) is 1.77. The van der Waals surface area contributed by atoms with Gasteiger partial charge in [-0.1, -0.05) is 6.07 Å². The number of nitrogens with zero attached hydrogens (tertiary/aromatic N) is 4. The van der Waals surface area contributed by atoms with E-state index in [2.05, 4.69) is 10.00 Å². The molecule has 1 atom stereocenters. The SMILES string of the molecule is COc1ccc(CC(=O)N2CCN(c3c(C)nn(C4CCS(=O)(=O)C4)c3C)CC2)cc1OC. The fourth-order valence-corrected chi connectivity index (χ4v) is 6.58. The first kappa shape index (κ1) is 23.4. The molecule has 10 heteroatoms. The van der Waals surface area contributed by atoms with Crippen molar-refractivity contribution in [3.8, 4) is 11.5 Å². The van der Waals surface area contributed by atoms with Crippen molar-refractivity contribution < 1.29 is 22.7 Å². The van der Waals surface area contributed by atoms with Gasteiger partial charge in [0.05, 0.1) is 55.3 Å². The molecule has 9 nitrogen and oxygen atoms in total. The zero-order chi connectivity index (χ0) is 23.8. The number of methoxy groups -OCH3 is 2. The summed E-state index contributed by atoms with van der Waals surface area (Å²) in [6.45, 7) is 6.68. The van der Waals surface area contributed by atoms with Crippen LogP contribution in [-0.4, -0.2) is 80.9 Å². The molecule has 0 bridgehead atoms. The van der Waals surface area contributed by atoms with Crippen LogP contribution in [0, 0.1) is 13.8 Å². The van der Waals surface area contributed by atoms with Crippen molar-refractivity contribution in [2.24, 2.45) is 0 Å². The molecule has 1 aromatic carbocycles. The molecule has 1 aromatic heterocycles. The van der Waals surface area contributed by atoms with Crippen molar-refractivity contribution in [3.63, 3.8) is 0 Å². The lowest BCUT2D eigenvalue weighted by molar-refractivity contribution is -0.130. The Kier molecular flexibility index (Phi) is 6.56. The highest BCUT2D eigenvalue weighted by Gasteiger charge is 2.33. The van der Waals surface area contributed by atoms with Crippen molar-refractivity contribution in [1.29, 1.82) is 0 Å². The van der Waals surface area contributed by atoms with Crippen molar-refractivity contribution in [2.45, 2.75) is 32.7 Å². The first-order valence-electron chi connectivity index (χ1n) is 11.2. The third kappa shape index (κ3) is 4.80. The normalized spacial score (nSPS) is 20.2. The van der Waals surface area contributed by atoms with Gasteiger partial charge in [-0.2, -0.15) is 5.10 Å². The van der Waals surface area contributed by atoms with Crippen LogP contribution in [-0.2, 0) is 21.1 Å². The van der Waals surface area contributed by atoms with Gasteiger partial charge in [-0.3, -0.25) is 9.48 Å². The number of amides is 1. The van der Waals surface area contributed by atoms with Crippen molar-refractivity contribution in [3.05, 3.63) is 35.2 Å². The van der Waals surface area contributed by atoms with E-state index in [1.807, 2.05) is 41.6 Å². The van der Waals surface area contributed by atoms with E-state index in [0.29, 0.717) is 50.5 Å². The largest absolute Gasteiger partial charge is 0.493 e. The van der Waals surface area contributed by atoms with Crippen LogP contribution in [0.2, 0.25) is 0 Å². The second-order valence-electron chi connectivity index (χ2n) is 8.75. The number of benzene rings is 1. The average Bonchev–Trinajstić information content (AvgIpc) is 3.31. The second-order valence-corrected chi connectivity index (χ2v) is 11.0. The van der Waals surface area contributed by atoms with Gasteiger partial charge in [0.2, 0.25) is 5.91 Å². The smallest absolute Gasteiger partial charge is 0.227 e. The number of ether oxygens (including phenoxy) is 2. The maximum absolute atomic E-state index is 12.9. The molecular weight excluding hydrogens is 444 g/mol. The van der Waals surface area contributed by atoms with Crippen LogP contribution in [0.5, 0.6) is 11.5 Å². The monoisotopic (exact) mass is 476 g/mol. The highest BCUT2D eigenvalue weighted by Crippen LogP contribution is 2.32. The Balaban J connectivity index is 1.40. The zero-order valence-corrected chi connectivity index (χ0v) is 20.5. The Labute approximate surface area is 195 Å². The highest BCUT2D eigenvalue weighted by molar-refractivity contribution is 7.91. The Hall–Kier alpha value is -2.75. The molecule has 0 spiro atoms. The molecule has 2 aromatic rings. The lowest BCUT2D eigenvalue weighted by Gasteiger charge is -2.36. The number of aromatic nitrogens is 2. The summed E-state index contributed by atoms with van der Waals surface area (Å²) in [4.78, 5) is 17.1. The molecule has 0 saturated carbocycles. The summed E-state index contributed by atoms with van der Waals surface area (Å²) in [7, 11) is 0.199. The summed E-state index contributed by atoms with van der Waals surface area (Å²) in [5.74, 6) is 1.73. The number of hydrogen-bond acceptors (Lipinski definition) is 7. The minimum Gasteiger partial charge on any atom is -0.493 e. The van der Waals surface area contributed by atoms with E-state index in [1.54, 1.807) is 14.2 Å². The summed E-state index contributed by atoms with van der Waals surface area (Å²) in [6.07, 6.45) is 0.925. The van der Waals surface area contributed by atoms with E-state index in [0.717, 1.165) is 22.6 Å². The first-order valence-corrected chi connectivity index (χ1v) is 13.0. The fraction of sp³-hybridized carbons (Fsp3) is 0.565. The quantitative estimate of drug-likeness (QED) is 0.627. The topological polar surface area (TPSA) is 94.0 Å². The van der Waals surface area contributed by atoms with E-state index >= 15 is 0 Å². The molecule has 2 aliphatic rings. The minimum atomic E-state index is -2.97. The number of piperazine rings is 1. The van der Waals surface area contributed by atoms with Crippen LogP contribution < -0.4 is 14.4 Å². The Morgan fingerprint density at radius 3 is 2.39 bits per heavy atom. The predicted molar refractivity (Wildman–Crippen MR) is 126 cm³/mol. The van der Waals surface area contributed by atoms with Crippen LogP contribution in [0.1, 0.15) is 29.4 Å². The first-order chi connectivity index (χ1) is 15.7. The van der Waals surface area contributed by atoms with Crippen LogP contribution in [0.15, 0.2) is 18.2 Å². The molecule has 2 fully saturated rings. The van der Waals surface area contributed by atoms with Crippen LogP contribution in [0.4, 0.5) is 5.69 Å². The molecular formula is C23H32N4O5S. The van der Waals surface area contributed by atoms with Gasteiger partial charge < -0.3 is 19.3 Å². The van der Waals surface area contributed by atoms with Crippen molar-refractivity contribution in [1.82, 2.24) is 14.7 Å². The number of rotatable bonds is 6. The number of carbonyl (C=O) groups is 1. The molecule has 0 radical (unpaired) electrons. The summed E-state index contributed by atoms with van der Waals surface area (Å²) in [5.41, 5.74) is 3.85. The van der Waals surface area contributed by atoms with Gasteiger partial charge in [-0.25, -0.2) is 8.42 Å². The average molecular weight is 477 g/mol. The standard InChI is InChI=1S/C23H32N4O5S/c1-16-23(17(2)27(24-16)19-7-12-33(29,30)15-19)26-10-8-25(9-11-26)22(28)14-18-5-6-20(31-3)21(13-18)32-4/h5-6,13,19H,7-12,14-15H2,1-4H3. The molecule has 4 rings (SSSR count). The van der Waals surface area contributed by atoms with E-state index in [4.69, 9.17) is 9.47 Å². The Morgan fingerprint density at radius 1 is 1.09 bits per heavy atom. The van der Waals surface area contributed by atoms with Gasteiger partial charge in [-0.15, -0.1) is 0 Å². The van der Waals surface area contributed by atoms with Gasteiger partial charge in [-0.05, 0) is 38.0 Å². The summed E-state index contributed by atoms with van der Waals surface area (Å²) >= 11 is 0. The van der Waals surface area contributed by atoms with Gasteiger partial charge in [0.15, 0.2) is 21.3 Å². The van der Waals surface area contributed by atoms with Gasteiger partial charge >= 0.3 is 0 Å². The van der Waals surface area contributed by atoms with Crippen LogP contribution >= 0.6 is 0 Å². The molecule has 2 saturated heterocycles. The molecule has 3 heterocycles. The molecule has 2 aliphatic heterocycles. The van der Waals surface area contributed by atoms with Crippen molar-refractivity contribution in [2.75, 3.05) is 56.8 Å². The Bertz CT molecular complexity index is 1140. The minimum absolute atomic E-state index is 0.0853. The van der Waals surface area contributed by atoms with Gasteiger partial charge in [0, 0.05) is 26.2 Å². The third-order valence-electron chi connectivity index (χ3n) is 6.59. The fourth-order valence-electron chi connectivity index (χ4n) is 4.89. The molecule has 0 N–H and O–H groups in total. The number of sulfone groups is 1. The summed E-state index contributed by atoms with van der Waals surface area (Å²) in [5, 5.41) is 4.68. The molecule has 33 heavy (non-hydrogen) atoms. The van der Waals surface area contributed by atoms with E-state index in [1.165, 1.54) is 0 Å². The number of anilines is 1. The lowest BCUT2D eigenvalue weighted by Crippen LogP contribution is -2.49. The van der Waals surface area contributed by atoms with E-state index in [-0.39, 0.29) is 23.5 Å². The maximum atomic E-state index is 12.9.